The Balaban J connectivity index is 1.71. The van der Waals surface area contributed by atoms with Crippen LogP contribution in [-0.2, 0) is 11.3 Å². The molecule has 3 aliphatic heterocycles. The highest BCUT2D eigenvalue weighted by Crippen LogP contribution is 2.59. The molecule has 3 atom stereocenters. The molecule has 4 heteroatoms. The first-order valence-electron chi connectivity index (χ1n) is 10.5. The van der Waals surface area contributed by atoms with E-state index in [1.165, 1.54) is 38.5 Å². The first-order valence-corrected chi connectivity index (χ1v) is 10.5. The number of carbonyl (C=O) groups excluding carboxylic acids is 1. The van der Waals surface area contributed by atoms with Crippen molar-refractivity contribution in [3.8, 4) is 11.1 Å². The minimum atomic E-state index is 0.0655. The fraction of sp³-hybridized carbons (Fsp3) is 0.240. The van der Waals surface area contributed by atoms with Gasteiger partial charge in [-0.1, -0.05) is 42.5 Å². The molecule has 4 aromatic rings. The molecule has 1 fully saturated rings. The highest BCUT2D eigenvalue weighted by molar-refractivity contribution is 6.20. The van der Waals surface area contributed by atoms with E-state index in [9.17, 15) is 4.79 Å². The zero-order valence-electron chi connectivity index (χ0n) is 15.7. The van der Waals surface area contributed by atoms with E-state index in [0.717, 1.165) is 29.5 Å². The molecule has 1 N–H and O–H groups in total. The summed E-state index contributed by atoms with van der Waals surface area (Å²) in [5.41, 5.74) is 9.58. The molecule has 1 aliphatic carbocycles. The average molecular weight is 378 g/mol. The number of nitrogens with zero attached hydrogens (tertiary/aromatic N) is 1. The second-order valence-corrected chi connectivity index (χ2v) is 8.71. The quantitative estimate of drug-likeness (QED) is 0.476. The summed E-state index contributed by atoms with van der Waals surface area (Å²) in [5.74, 6) is 0.272. The second-order valence-electron chi connectivity index (χ2n) is 8.71. The maximum Gasteiger partial charge on any atom is 0.252 e. The number of ether oxygens (including phenoxy) is 1. The summed E-state index contributed by atoms with van der Waals surface area (Å²) in [6.07, 6.45) is 2.35. The van der Waals surface area contributed by atoms with E-state index in [0.29, 0.717) is 6.54 Å². The Morgan fingerprint density at radius 1 is 1.00 bits per heavy atom. The first kappa shape index (κ1) is 14.8. The van der Waals surface area contributed by atoms with Gasteiger partial charge in [0.1, 0.15) is 6.23 Å². The molecule has 29 heavy (non-hydrogen) atoms. The van der Waals surface area contributed by atoms with E-state index in [-0.39, 0.29) is 24.2 Å². The lowest BCUT2D eigenvalue weighted by atomic mass is 9.86. The summed E-state index contributed by atoms with van der Waals surface area (Å²) in [5, 5.41) is 5.61. The van der Waals surface area contributed by atoms with Crippen molar-refractivity contribution in [1.82, 2.24) is 9.88 Å². The summed E-state index contributed by atoms with van der Waals surface area (Å²) in [4.78, 5) is 13.0. The molecule has 1 amide bonds. The molecule has 1 aromatic heterocycles. The third kappa shape index (κ3) is 1.51. The highest BCUT2D eigenvalue weighted by Gasteiger charge is 2.48. The molecule has 1 saturated heterocycles. The Hall–Kier alpha value is -3.11. The van der Waals surface area contributed by atoms with Crippen molar-refractivity contribution >= 4 is 27.7 Å². The molecule has 2 bridgehead atoms. The van der Waals surface area contributed by atoms with Crippen molar-refractivity contribution in [3.63, 3.8) is 0 Å². The Morgan fingerprint density at radius 2 is 1.86 bits per heavy atom. The van der Waals surface area contributed by atoms with E-state index in [1.54, 1.807) is 0 Å². The SMILES string of the molecule is O=C1NCc2c1c1c3c4c2c2ccccc2n4C2CCC(O2)C3c2ccccc2-1. The van der Waals surface area contributed by atoms with Crippen LogP contribution in [0.2, 0.25) is 0 Å². The van der Waals surface area contributed by atoms with E-state index < -0.39 is 0 Å². The van der Waals surface area contributed by atoms with Crippen molar-refractivity contribution in [1.29, 1.82) is 0 Å². The number of fused-ring (bicyclic) bond motifs is 13. The standard InChI is InChI=1S/C25H18N2O2/c28-25-22-15(11-26-25)19-14-7-3-4-8-16(14)27-18-10-9-17(29-18)20-12-5-1-2-6-13(12)21(22)23(20)24(19)27/h1-8,17-18,20H,9-11H2,(H,26,28). The Morgan fingerprint density at radius 3 is 2.83 bits per heavy atom. The molecule has 3 aromatic carbocycles. The van der Waals surface area contributed by atoms with Crippen LogP contribution in [0.15, 0.2) is 48.5 Å². The number of nitrogens with one attached hydrogen (secondary N) is 1. The number of benzene rings is 3. The van der Waals surface area contributed by atoms with Crippen molar-refractivity contribution < 1.29 is 9.53 Å². The molecule has 0 saturated carbocycles. The van der Waals surface area contributed by atoms with E-state index >= 15 is 0 Å². The maximum absolute atomic E-state index is 13.0. The Bertz CT molecular complexity index is 1430. The summed E-state index contributed by atoms with van der Waals surface area (Å²) in [6.45, 7) is 0.605. The lowest BCUT2D eigenvalue weighted by Gasteiger charge is -2.20. The zero-order chi connectivity index (χ0) is 18.9. The van der Waals surface area contributed by atoms with Gasteiger partial charge in [-0.25, -0.2) is 0 Å². The van der Waals surface area contributed by atoms with Crippen LogP contribution in [0, 0.1) is 0 Å². The van der Waals surface area contributed by atoms with Gasteiger partial charge >= 0.3 is 0 Å². The van der Waals surface area contributed by atoms with Crippen molar-refractivity contribution in [2.45, 2.75) is 37.6 Å². The predicted octanol–water partition coefficient (Wildman–Crippen LogP) is 4.84. The number of amides is 1. The highest BCUT2D eigenvalue weighted by atomic mass is 16.5. The number of hydrogen-bond donors (Lipinski definition) is 1. The van der Waals surface area contributed by atoms with E-state index in [2.05, 4.69) is 58.4 Å². The fourth-order valence-corrected chi connectivity index (χ4v) is 6.55. The zero-order valence-corrected chi connectivity index (χ0v) is 15.7. The van der Waals surface area contributed by atoms with Gasteiger partial charge in [-0.2, -0.15) is 0 Å². The van der Waals surface area contributed by atoms with Gasteiger partial charge in [0.2, 0.25) is 0 Å². The van der Waals surface area contributed by atoms with Crippen LogP contribution in [0.4, 0.5) is 0 Å². The molecule has 4 heterocycles. The van der Waals surface area contributed by atoms with Gasteiger partial charge in [0.25, 0.3) is 5.91 Å². The smallest absolute Gasteiger partial charge is 0.252 e. The number of carbonyl (C=O) groups is 1. The molecule has 4 aliphatic rings. The minimum absolute atomic E-state index is 0.0655. The largest absolute Gasteiger partial charge is 0.354 e. The Kier molecular flexibility index (Phi) is 2.41. The van der Waals surface area contributed by atoms with Crippen molar-refractivity contribution in [2.75, 3.05) is 0 Å². The van der Waals surface area contributed by atoms with Gasteiger partial charge in [-0.3, -0.25) is 4.79 Å². The number of rotatable bonds is 0. The number of aromatic nitrogens is 1. The molecule has 4 nitrogen and oxygen atoms in total. The summed E-state index contributed by atoms with van der Waals surface area (Å²) >= 11 is 0. The minimum Gasteiger partial charge on any atom is -0.354 e. The second kappa shape index (κ2) is 4.71. The fourth-order valence-electron chi connectivity index (χ4n) is 6.55. The van der Waals surface area contributed by atoms with Gasteiger partial charge in [0.05, 0.1) is 22.7 Å². The van der Waals surface area contributed by atoms with Crippen LogP contribution in [0.3, 0.4) is 0 Å². The number of hydrogen-bond acceptors (Lipinski definition) is 2. The van der Waals surface area contributed by atoms with Crippen LogP contribution >= 0.6 is 0 Å². The van der Waals surface area contributed by atoms with Crippen LogP contribution in [0.25, 0.3) is 32.9 Å². The summed E-state index contributed by atoms with van der Waals surface area (Å²) in [6, 6.07) is 17.3. The molecule has 3 unspecified atom stereocenters. The summed E-state index contributed by atoms with van der Waals surface area (Å²) < 4.78 is 9.12. The normalized spacial score (nSPS) is 25.4. The molecule has 0 spiro atoms. The molecule has 140 valence electrons. The summed E-state index contributed by atoms with van der Waals surface area (Å²) in [7, 11) is 0. The molecule has 0 radical (unpaired) electrons. The van der Waals surface area contributed by atoms with Crippen molar-refractivity contribution in [2.24, 2.45) is 0 Å². The first-order chi connectivity index (χ1) is 14.3. The van der Waals surface area contributed by atoms with E-state index in [4.69, 9.17) is 4.74 Å². The Labute approximate surface area is 167 Å². The third-order valence-corrected chi connectivity index (χ3v) is 7.51. The third-order valence-electron chi connectivity index (χ3n) is 7.51. The van der Waals surface area contributed by atoms with Crippen LogP contribution < -0.4 is 5.32 Å². The van der Waals surface area contributed by atoms with Gasteiger partial charge in [0.15, 0.2) is 0 Å². The van der Waals surface area contributed by atoms with Crippen molar-refractivity contribution in [3.05, 3.63) is 70.8 Å². The van der Waals surface area contributed by atoms with Crippen LogP contribution in [0.5, 0.6) is 0 Å². The molecular weight excluding hydrogens is 360 g/mol. The monoisotopic (exact) mass is 378 g/mol. The topological polar surface area (TPSA) is 43.3 Å². The van der Waals surface area contributed by atoms with Gasteiger partial charge in [-0.15, -0.1) is 0 Å². The lowest BCUT2D eigenvalue weighted by Crippen LogP contribution is -2.16. The van der Waals surface area contributed by atoms with Gasteiger partial charge in [-0.05, 0) is 41.2 Å². The van der Waals surface area contributed by atoms with E-state index in [1.807, 2.05) is 0 Å². The average Bonchev–Trinajstić information content (AvgIpc) is 3.47. The van der Waals surface area contributed by atoms with Gasteiger partial charge in [0, 0.05) is 28.8 Å². The lowest BCUT2D eigenvalue weighted by molar-refractivity contribution is 0.00493. The van der Waals surface area contributed by atoms with Crippen LogP contribution in [-0.4, -0.2) is 16.6 Å². The molecular formula is C25H18N2O2. The van der Waals surface area contributed by atoms with Crippen LogP contribution in [0.1, 0.15) is 52.0 Å². The predicted molar refractivity (Wildman–Crippen MR) is 111 cm³/mol. The maximum atomic E-state index is 13.0. The number of para-hydroxylation sites is 1. The molecule has 8 rings (SSSR count). The van der Waals surface area contributed by atoms with Gasteiger partial charge < -0.3 is 14.6 Å².